The first-order valence-electron chi connectivity index (χ1n) is 8.04. The van der Waals surface area contributed by atoms with E-state index in [1.165, 1.54) is 0 Å². The van der Waals surface area contributed by atoms with Crippen molar-refractivity contribution in [2.24, 2.45) is 17.6 Å². The van der Waals surface area contributed by atoms with Gasteiger partial charge in [-0.3, -0.25) is 15.0 Å². The molecule has 1 aliphatic rings. The van der Waals surface area contributed by atoms with Gasteiger partial charge in [-0.25, -0.2) is 0 Å². The fourth-order valence-corrected chi connectivity index (χ4v) is 2.91. The predicted octanol–water partition coefficient (Wildman–Crippen LogP) is 1.51. The topological polar surface area (TPSA) is 126 Å². The van der Waals surface area contributed by atoms with Crippen LogP contribution in [-0.2, 0) is 16.0 Å². The van der Waals surface area contributed by atoms with Crippen molar-refractivity contribution in [3.05, 3.63) is 29.8 Å². The second-order valence-corrected chi connectivity index (χ2v) is 6.15. The van der Waals surface area contributed by atoms with Crippen molar-refractivity contribution in [1.82, 2.24) is 5.32 Å². The number of carboxylic acids is 1. The van der Waals surface area contributed by atoms with Gasteiger partial charge in [0.1, 0.15) is 5.75 Å². The van der Waals surface area contributed by atoms with Crippen LogP contribution in [0.3, 0.4) is 0 Å². The molecule has 0 saturated heterocycles. The number of esters is 1. The molecule has 1 aromatic carbocycles. The summed E-state index contributed by atoms with van der Waals surface area (Å²) in [5, 5.41) is 18.7. The monoisotopic (exact) mass is 333 g/mol. The normalized spacial score (nSPS) is 20.2. The number of hydrogen-bond acceptors (Lipinski definition) is 4. The molecule has 7 nitrogen and oxygen atoms in total. The molecule has 1 saturated carbocycles. The van der Waals surface area contributed by atoms with Gasteiger partial charge in [0, 0.05) is 6.54 Å². The molecule has 1 aliphatic carbocycles. The highest BCUT2D eigenvalue weighted by Gasteiger charge is 2.27. The van der Waals surface area contributed by atoms with Gasteiger partial charge in [0.25, 0.3) is 0 Å². The van der Waals surface area contributed by atoms with Crippen molar-refractivity contribution in [2.45, 2.75) is 32.1 Å². The highest BCUT2D eigenvalue weighted by molar-refractivity contribution is 5.75. The lowest BCUT2D eigenvalue weighted by atomic mass is 9.82. The zero-order valence-corrected chi connectivity index (χ0v) is 13.5. The zero-order chi connectivity index (χ0) is 17.5. The van der Waals surface area contributed by atoms with E-state index in [-0.39, 0.29) is 24.3 Å². The SMILES string of the molecule is N=C(N)NCC1CCC(C(=O)Oc2ccc(CC(=O)O)cc2)CC1. The molecule has 0 bridgehead atoms. The van der Waals surface area contributed by atoms with Crippen LogP contribution in [0.1, 0.15) is 31.2 Å². The Balaban J connectivity index is 1.79. The summed E-state index contributed by atoms with van der Waals surface area (Å²) < 4.78 is 5.39. The van der Waals surface area contributed by atoms with Gasteiger partial charge >= 0.3 is 11.9 Å². The third-order valence-electron chi connectivity index (χ3n) is 4.26. The Bertz CT molecular complexity index is 592. The summed E-state index contributed by atoms with van der Waals surface area (Å²) in [6.07, 6.45) is 3.28. The summed E-state index contributed by atoms with van der Waals surface area (Å²) in [5.41, 5.74) is 5.94. The summed E-state index contributed by atoms with van der Waals surface area (Å²) in [5.74, 6) is -0.405. The summed E-state index contributed by atoms with van der Waals surface area (Å²) in [4.78, 5) is 22.9. The molecule has 0 unspecified atom stereocenters. The summed E-state index contributed by atoms with van der Waals surface area (Å²) in [6, 6.07) is 6.55. The lowest BCUT2D eigenvalue weighted by Crippen LogP contribution is -2.36. The largest absolute Gasteiger partial charge is 0.481 e. The summed E-state index contributed by atoms with van der Waals surface area (Å²) in [7, 11) is 0. The van der Waals surface area contributed by atoms with Crippen LogP contribution >= 0.6 is 0 Å². The van der Waals surface area contributed by atoms with Crippen molar-refractivity contribution in [3.63, 3.8) is 0 Å². The Kier molecular flexibility index (Phi) is 6.17. The Hall–Kier alpha value is -2.57. The number of hydrogen-bond donors (Lipinski definition) is 4. The lowest BCUT2D eigenvalue weighted by Gasteiger charge is -2.27. The zero-order valence-electron chi connectivity index (χ0n) is 13.5. The van der Waals surface area contributed by atoms with E-state index in [4.69, 9.17) is 21.0 Å². The van der Waals surface area contributed by atoms with Crippen molar-refractivity contribution >= 4 is 17.9 Å². The number of nitrogens with two attached hydrogens (primary N) is 1. The molecule has 0 atom stereocenters. The molecule has 0 amide bonds. The molecule has 24 heavy (non-hydrogen) atoms. The number of aliphatic carboxylic acids is 1. The maximum absolute atomic E-state index is 12.2. The Morgan fingerprint density at radius 3 is 2.38 bits per heavy atom. The van der Waals surface area contributed by atoms with E-state index in [1.807, 2.05) is 0 Å². The van der Waals surface area contributed by atoms with Crippen LogP contribution in [0.15, 0.2) is 24.3 Å². The Morgan fingerprint density at radius 2 is 1.83 bits per heavy atom. The van der Waals surface area contributed by atoms with Gasteiger partial charge in [-0.2, -0.15) is 0 Å². The van der Waals surface area contributed by atoms with Gasteiger partial charge in [0.2, 0.25) is 0 Å². The minimum atomic E-state index is -0.893. The van der Waals surface area contributed by atoms with Crippen LogP contribution in [0.4, 0.5) is 0 Å². The van der Waals surface area contributed by atoms with E-state index in [1.54, 1.807) is 24.3 Å². The van der Waals surface area contributed by atoms with Gasteiger partial charge in [-0.15, -0.1) is 0 Å². The molecule has 7 heteroatoms. The van der Waals surface area contributed by atoms with Gasteiger partial charge in [-0.05, 0) is 49.3 Å². The molecule has 0 spiro atoms. The fourth-order valence-electron chi connectivity index (χ4n) is 2.91. The first-order chi connectivity index (χ1) is 11.4. The number of guanidine groups is 1. The number of benzene rings is 1. The van der Waals surface area contributed by atoms with Gasteiger partial charge in [0.15, 0.2) is 5.96 Å². The standard InChI is InChI=1S/C17H23N3O4/c18-17(19)20-10-12-1-5-13(6-2-12)16(23)24-14-7-3-11(4-8-14)9-15(21)22/h3-4,7-8,12-13H,1-2,5-6,9-10H2,(H,21,22)(H4,18,19,20). The van der Waals surface area contributed by atoms with Gasteiger partial charge in [0.05, 0.1) is 12.3 Å². The van der Waals surface area contributed by atoms with Gasteiger partial charge in [-0.1, -0.05) is 12.1 Å². The van der Waals surface area contributed by atoms with E-state index in [2.05, 4.69) is 5.32 Å². The molecule has 1 aromatic rings. The average Bonchev–Trinajstić information content (AvgIpc) is 2.54. The van der Waals surface area contributed by atoms with Crippen LogP contribution in [0.5, 0.6) is 5.75 Å². The third kappa shape index (κ3) is 5.57. The van der Waals surface area contributed by atoms with E-state index >= 15 is 0 Å². The number of nitrogens with one attached hydrogen (secondary N) is 2. The average molecular weight is 333 g/mol. The molecule has 1 fully saturated rings. The summed E-state index contributed by atoms with van der Waals surface area (Å²) >= 11 is 0. The summed E-state index contributed by atoms with van der Waals surface area (Å²) in [6.45, 7) is 0.669. The highest BCUT2D eigenvalue weighted by Crippen LogP contribution is 2.29. The Labute approximate surface area is 140 Å². The highest BCUT2D eigenvalue weighted by atomic mass is 16.5. The maximum Gasteiger partial charge on any atom is 0.314 e. The quantitative estimate of drug-likeness (QED) is 0.271. The smallest absolute Gasteiger partial charge is 0.314 e. The molecule has 0 aromatic heterocycles. The molecule has 0 aliphatic heterocycles. The lowest BCUT2D eigenvalue weighted by molar-refractivity contribution is -0.140. The molecule has 0 radical (unpaired) electrons. The van der Waals surface area contributed by atoms with Crippen LogP contribution in [-0.4, -0.2) is 29.5 Å². The van der Waals surface area contributed by atoms with Crippen LogP contribution in [0.25, 0.3) is 0 Å². The molecule has 0 heterocycles. The number of ether oxygens (including phenoxy) is 1. The second kappa shape index (κ2) is 8.33. The van der Waals surface area contributed by atoms with Crippen molar-refractivity contribution in [3.8, 4) is 5.75 Å². The van der Waals surface area contributed by atoms with Crippen LogP contribution < -0.4 is 15.8 Å². The van der Waals surface area contributed by atoms with Crippen molar-refractivity contribution in [2.75, 3.05) is 6.54 Å². The van der Waals surface area contributed by atoms with Crippen molar-refractivity contribution < 1.29 is 19.4 Å². The molecule has 130 valence electrons. The predicted molar refractivity (Wildman–Crippen MR) is 88.8 cm³/mol. The minimum Gasteiger partial charge on any atom is -0.481 e. The second-order valence-electron chi connectivity index (χ2n) is 6.15. The molecule has 5 N–H and O–H groups in total. The molecule has 2 rings (SSSR count). The number of carbonyl (C=O) groups excluding carboxylic acids is 1. The Morgan fingerprint density at radius 1 is 1.21 bits per heavy atom. The van der Waals surface area contributed by atoms with Crippen LogP contribution in [0.2, 0.25) is 0 Å². The number of rotatable bonds is 6. The molecular weight excluding hydrogens is 310 g/mol. The van der Waals surface area contributed by atoms with Crippen molar-refractivity contribution in [1.29, 1.82) is 5.41 Å². The maximum atomic E-state index is 12.2. The first kappa shape index (κ1) is 17.8. The van der Waals surface area contributed by atoms with Crippen LogP contribution in [0, 0.1) is 17.2 Å². The van der Waals surface area contributed by atoms with E-state index in [9.17, 15) is 9.59 Å². The van der Waals surface area contributed by atoms with E-state index in [0.717, 1.165) is 25.7 Å². The van der Waals surface area contributed by atoms with E-state index in [0.29, 0.717) is 23.8 Å². The number of carboxylic acid groups (broad SMARTS) is 1. The first-order valence-corrected chi connectivity index (χ1v) is 8.04. The molecular formula is C17H23N3O4. The third-order valence-corrected chi connectivity index (χ3v) is 4.26. The fraction of sp³-hybridized carbons (Fsp3) is 0.471. The van der Waals surface area contributed by atoms with Gasteiger partial charge < -0.3 is 20.9 Å². The minimum absolute atomic E-state index is 0.0251. The van der Waals surface area contributed by atoms with E-state index < -0.39 is 5.97 Å². The number of carbonyl (C=O) groups is 2.